The Kier molecular flexibility index (Phi) is 7.67. The summed E-state index contributed by atoms with van der Waals surface area (Å²) in [6.07, 6.45) is 5.41. The fourth-order valence-corrected chi connectivity index (χ4v) is 4.38. The van der Waals surface area contributed by atoms with E-state index in [1.807, 2.05) is 24.3 Å². The van der Waals surface area contributed by atoms with Crippen molar-refractivity contribution in [2.75, 3.05) is 26.7 Å². The van der Waals surface area contributed by atoms with Gasteiger partial charge in [0.05, 0.1) is 22.8 Å². The highest BCUT2D eigenvalue weighted by molar-refractivity contribution is 7.89. The summed E-state index contributed by atoms with van der Waals surface area (Å²) in [5, 5.41) is 6.83. The molecule has 1 aliphatic rings. The first-order valence-corrected chi connectivity index (χ1v) is 11.5. The molecule has 8 nitrogen and oxygen atoms in total. The predicted molar refractivity (Wildman–Crippen MR) is 115 cm³/mol. The Morgan fingerprint density at radius 1 is 1.27 bits per heavy atom. The second-order valence-electron chi connectivity index (χ2n) is 7.28. The SMILES string of the molecule is CNS(=O)(=O)c1cccc(C2CCN(C/C(=C/NCc3ccccn3)N=N)CC2)c1. The van der Waals surface area contributed by atoms with E-state index in [4.69, 9.17) is 5.53 Å². The van der Waals surface area contributed by atoms with Gasteiger partial charge in [-0.1, -0.05) is 18.2 Å². The van der Waals surface area contributed by atoms with Crippen LogP contribution in [0.2, 0.25) is 0 Å². The van der Waals surface area contributed by atoms with Gasteiger partial charge in [-0.15, -0.1) is 0 Å². The largest absolute Gasteiger partial charge is 0.384 e. The Bertz CT molecular complexity index is 970. The van der Waals surface area contributed by atoms with E-state index in [0.717, 1.165) is 37.2 Å². The van der Waals surface area contributed by atoms with Crippen molar-refractivity contribution >= 4 is 10.0 Å². The minimum atomic E-state index is -3.43. The molecule has 1 aliphatic heterocycles. The van der Waals surface area contributed by atoms with E-state index in [2.05, 4.69) is 25.0 Å². The van der Waals surface area contributed by atoms with E-state index in [9.17, 15) is 8.42 Å². The number of sulfonamides is 1. The molecular weight excluding hydrogens is 400 g/mol. The van der Waals surface area contributed by atoms with Crippen LogP contribution in [0.25, 0.3) is 0 Å². The zero-order valence-electron chi connectivity index (χ0n) is 17.1. The molecule has 3 rings (SSSR count). The lowest BCUT2D eigenvalue weighted by atomic mass is 9.89. The van der Waals surface area contributed by atoms with Crippen molar-refractivity contribution in [2.24, 2.45) is 5.11 Å². The van der Waals surface area contributed by atoms with Crippen LogP contribution in [0.3, 0.4) is 0 Å². The van der Waals surface area contributed by atoms with Crippen LogP contribution in [-0.4, -0.2) is 45.0 Å². The van der Waals surface area contributed by atoms with Gasteiger partial charge in [0.25, 0.3) is 0 Å². The minimum Gasteiger partial charge on any atom is -0.384 e. The van der Waals surface area contributed by atoms with Crippen LogP contribution in [0.5, 0.6) is 0 Å². The third-order valence-electron chi connectivity index (χ3n) is 5.30. The Labute approximate surface area is 178 Å². The molecule has 0 radical (unpaired) electrons. The lowest BCUT2D eigenvalue weighted by Gasteiger charge is -2.32. The summed E-state index contributed by atoms with van der Waals surface area (Å²) in [6, 6.07) is 13.0. The van der Waals surface area contributed by atoms with Crippen molar-refractivity contribution in [1.82, 2.24) is 19.9 Å². The van der Waals surface area contributed by atoms with Crippen molar-refractivity contribution in [3.05, 3.63) is 71.8 Å². The molecule has 2 aromatic rings. The number of hydrogen-bond donors (Lipinski definition) is 3. The fraction of sp³-hybridized carbons (Fsp3) is 0.381. The average Bonchev–Trinajstić information content (AvgIpc) is 2.79. The van der Waals surface area contributed by atoms with Crippen molar-refractivity contribution in [2.45, 2.75) is 30.2 Å². The van der Waals surface area contributed by atoms with Crippen molar-refractivity contribution < 1.29 is 8.42 Å². The summed E-state index contributed by atoms with van der Waals surface area (Å²) in [7, 11) is -2.01. The monoisotopic (exact) mass is 428 g/mol. The number of piperidine rings is 1. The predicted octanol–water partition coefficient (Wildman–Crippen LogP) is 2.83. The Hall–Kier alpha value is -2.62. The molecule has 1 saturated heterocycles. The molecule has 0 unspecified atom stereocenters. The molecule has 2 heterocycles. The van der Waals surface area contributed by atoms with E-state index in [1.54, 1.807) is 30.6 Å². The number of nitrogens with zero attached hydrogens (tertiary/aromatic N) is 3. The molecule has 3 N–H and O–H groups in total. The summed E-state index contributed by atoms with van der Waals surface area (Å²) in [5.41, 5.74) is 10.1. The van der Waals surface area contributed by atoms with Crippen LogP contribution >= 0.6 is 0 Å². The molecule has 1 aromatic carbocycles. The van der Waals surface area contributed by atoms with Crippen molar-refractivity contribution in [1.29, 1.82) is 5.53 Å². The molecule has 0 atom stereocenters. The standard InChI is InChI=1S/C21H28N6O2S/c1-23-30(28,29)21-7-4-5-18(13-21)17-8-11-27(12-9-17)16-20(26-22)15-24-14-19-6-2-3-10-25-19/h2-7,10,13,15,17,22-24H,8-9,11-12,14,16H2,1H3/b20-15-,26-22?. The highest BCUT2D eigenvalue weighted by Crippen LogP contribution is 2.29. The summed E-state index contributed by atoms with van der Waals surface area (Å²) in [4.78, 5) is 6.84. The Balaban J connectivity index is 1.53. The van der Waals surface area contributed by atoms with Crippen LogP contribution < -0.4 is 10.0 Å². The molecule has 0 bridgehead atoms. The van der Waals surface area contributed by atoms with Crippen molar-refractivity contribution in [3.63, 3.8) is 0 Å². The second-order valence-corrected chi connectivity index (χ2v) is 9.17. The Morgan fingerprint density at radius 2 is 2.07 bits per heavy atom. The van der Waals surface area contributed by atoms with Gasteiger partial charge in [-0.3, -0.25) is 9.88 Å². The molecule has 0 aliphatic carbocycles. The number of benzene rings is 1. The molecule has 1 aromatic heterocycles. The van der Waals surface area contributed by atoms with E-state index in [0.29, 0.717) is 29.6 Å². The topological polar surface area (TPSA) is 111 Å². The maximum absolute atomic E-state index is 12.1. The first-order chi connectivity index (χ1) is 14.5. The quantitative estimate of drug-likeness (QED) is 0.532. The molecule has 1 fully saturated rings. The van der Waals surface area contributed by atoms with Gasteiger partial charge in [-0.2, -0.15) is 5.11 Å². The third-order valence-corrected chi connectivity index (χ3v) is 6.72. The van der Waals surface area contributed by atoms with Gasteiger partial charge in [0.2, 0.25) is 10.0 Å². The highest BCUT2D eigenvalue weighted by atomic mass is 32.2. The van der Waals surface area contributed by atoms with Crippen molar-refractivity contribution in [3.8, 4) is 0 Å². The maximum atomic E-state index is 12.1. The number of aromatic nitrogens is 1. The molecule has 0 saturated carbocycles. The zero-order valence-corrected chi connectivity index (χ0v) is 17.9. The van der Waals surface area contributed by atoms with Gasteiger partial charge in [-0.25, -0.2) is 18.7 Å². The molecule has 0 amide bonds. The number of pyridine rings is 1. The first kappa shape index (κ1) is 22.1. The third kappa shape index (κ3) is 5.94. The van der Waals surface area contributed by atoms with Gasteiger partial charge in [0, 0.05) is 18.9 Å². The first-order valence-electron chi connectivity index (χ1n) is 9.97. The van der Waals surface area contributed by atoms with E-state index in [-0.39, 0.29) is 0 Å². The van der Waals surface area contributed by atoms with Crippen LogP contribution in [0.15, 0.2) is 70.6 Å². The number of nitrogens with one attached hydrogen (secondary N) is 3. The Morgan fingerprint density at radius 3 is 2.73 bits per heavy atom. The molecule has 9 heteroatoms. The molecule has 160 valence electrons. The highest BCUT2D eigenvalue weighted by Gasteiger charge is 2.22. The number of rotatable bonds is 9. The summed E-state index contributed by atoms with van der Waals surface area (Å²) in [5.74, 6) is 0.330. The van der Waals surface area contributed by atoms with E-state index >= 15 is 0 Å². The lowest BCUT2D eigenvalue weighted by molar-refractivity contribution is 0.226. The molecule has 0 spiro atoms. The fourth-order valence-electron chi connectivity index (χ4n) is 3.60. The van der Waals surface area contributed by atoms with E-state index < -0.39 is 10.0 Å². The number of hydrogen-bond acceptors (Lipinski definition) is 7. The summed E-state index contributed by atoms with van der Waals surface area (Å²) in [6.45, 7) is 2.95. The minimum absolute atomic E-state index is 0.308. The summed E-state index contributed by atoms with van der Waals surface area (Å²) < 4.78 is 26.5. The van der Waals surface area contributed by atoms with Crippen LogP contribution in [0.1, 0.15) is 30.0 Å². The van der Waals surface area contributed by atoms with Gasteiger partial charge < -0.3 is 5.32 Å². The maximum Gasteiger partial charge on any atom is 0.240 e. The van der Waals surface area contributed by atoms with Gasteiger partial charge in [0.1, 0.15) is 0 Å². The van der Waals surface area contributed by atoms with Gasteiger partial charge in [-0.05, 0) is 68.7 Å². The second kappa shape index (κ2) is 10.4. The van der Waals surface area contributed by atoms with Crippen LogP contribution in [0.4, 0.5) is 0 Å². The van der Waals surface area contributed by atoms with Crippen LogP contribution in [-0.2, 0) is 16.6 Å². The lowest BCUT2D eigenvalue weighted by Crippen LogP contribution is -2.34. The van der Waals surface area contributed by atoms with Gasteiger partial charge in [0.15, 0.2) is 0 Å². The average molecular weight is 429 g/mol. The smallest absolute Gasteiger partial charge is 0.240 e. The normalized spacial score (nSPS) is 16.4. The van der Waals surface area contributed by atoms with Crippen LogP contribution in [0, 0.1) is 5.53 Å². The molecular formula is C21H28N6O2S. The van der Waals surface area contributed by atoms with E-state index in [1.165, 1.54) is 7.05 Å². The zero-order chi connectivity index (χ0) is 21.4. The molecule has 30 heavy (non-hydrogen) atoms. The summed E-state index contributed by atoms with van der Waals surface area (Å²) >= 11 is 0. The number of likely N-dealkylation sites (tertiary alicyclic amines) is 1. The van der Waals surface area contributed by atoms with Gasteiger partial charge >= 0.3 is 0 Å².